The number of aromatic nitrogens is 1. The van der Waals surface area contributed by atoms with Gasteiger partial charge in [0.2, 0.25) is 0 Å². The third kappa shape index (κ3) is 5.00. The largest absolute Gasteiger partial charge is 0.479 e. The highest BCUT2D eigenvalue weighted by atomic mass is 35.5. The average molecular weight is 401 g/mol. The van der Waals surface area contributed by atoms with Crippen LogP contribution in [0.5, 0.6) is 5.75 Å². The number of carbonyl (C=O) groups is 1. The molecule has 27 heavy (non-hydrogen) atoms. The molecule has 0 fully saturated rings. The minimum Gasteiger partial charge on any atom is -0.479 e. The summed E-state index contributed by atoms with van der Waals surface area (Å²) in [6.45, 7) is 1.67. The van der Waals surface area contributed by atoms with Gasteiger partial charge in [0.05, 0.1) is 16.8 Å². The minimum atomic E-state index is -0.751. The Bertz CT molecular complexity index is 865. The van der Waals surface area contributed by atoms with Crippen molar-refractivity contribution in [2.45, 2.75) is 19.1 Å². The van der Waals surface area contributed by atoms with Crippen LogP contribution in [0.4, 0.5) is 0 Å². The van der Waals surface area contributed by atoms with E-state index in [0.29, 0.717) is 15.8 Å². The Hall–Kier alpha value is -2.56. The summed E-state index contributed by atoms with van der Waals surface area (Å²) in [4.78, 5) is 17.1. The quantitative estimate of drug-likeness (QED) is 0.628. The highest BCUT2D eigenvalue weighted by Crippen LogP contribution is 2.28. The summed E-state index contributed by atoms with van der Waals surface area (Å²) in [5.74, 6) is 0.123. The van der Waals surface area contributed by atoms with Crippen molar-refractivity contribution < 1.29 is 9.53 Å². The third-order valence-electron chi connectivity index (χ3n) is 3.97. The van der Waals surface area contributed by atoms with E-state index in [-0.39, 0.29) is 11.9 Å². The van der Waals surface area contributed by atoms with Gasteiger partial charge in [0.1, 0.15) is 5.75 Å². The van der Waals surface area contributed by atoms with E-state index < -0.39 is 6.10 Å². The number of carbonyl (C=O) groups excluding carboxylic acids is 1. The summed E-state index contributed by atoms with van der Waals surface area (Å²) in [5.41, 5.74) is 1.68. The molecular formula is C21H18Cl2N2O2. The number of nitrogens with one attached hydrogen (secondary N) is 1. The lowest BCUT2D eigenvalue weighted by Gasteiger charge is -2.22. The maximum Gasteiger partial charge on any atom is 0.261 e. The van der Waals surface area contributed by atoms with Crippen LogP contribution in [0.3, 0.4) is 0 Å². The molecule has 2 unspecified atom stereocenters. The van der Waals surface area contributed by atoms with Crippen LogP contribution >= 0.6 is 23.2 Å². The molecule has 0 aliphatic rings. The van der Waals surface area contributed by atoms with Gasteiger partial charge in [-0.2, -0.15) is 0 Å². The zero-order chi connectivity index (χ0) is 19.2. The van der Waals surface area contributed by atoms with Gasteiger partial charge in [-0.1, -0.05) is 59.6 Å². The van der Waals surface area contributed by atoms with Crippen LogP contribution in [-0.4, -0.2) is 17.0 Å². The first-order valence-corrected chi connectivity index (χ1v) is 9.18. The molecule has 0 radical (unpaired) electrons. The van der Waals surface area contributed by atoms with Gasteiger partial charge in [0.25, 0.3) is 5.91 Å². The van der Waals surface area contributed by atoms with Gasteiger partial charge in [0.15, 0.2) is 6.10 Å². The maximum atomic E-state index is 12.7. The van der Waals surface area contributed by atoms with E-state index in [2.05, 4.69) is 10.3 Å². The first kappa shape index (κ1) is 19.2. The summed E-state index contributed by atoms with van der Waals surface area (Å²) in [7, 11) is 0. The third-order valence-corrected chi connectivity index (χ3v) is 4.50. The fourth-order valence-corrected chi connectivity index (χ4v) is 3.05. The van der Waals surface area contributed by atoms with Crippen LogP contribution in [-0.2, 0) is 4.79 Å². The molecule has 1 N–H and O–H groups in total. The minimum absolute atomic E-state index is 0.277. The zero-order valence-corrected chi connectivity index (χ0v) is 16.1. The molecule has 0 saturated carbocycles. The number of pyridine rings is 1. The van der Waals surface area contributed by atoms with Crippen LogP contribution in [0.15, 0.2) is 72.9 Å². The average Bonchev–Trinajstić information content (AvgIpc) is 2.69. The van der Waals surface area contributed by atoms with Crippen molar-refractivity contribution in [2.24, 2.45) is 0 Å². The molecule has 3 aromatic rings. The van der Waals surface area contributed by atoms with E-state index in [4.69, 9.17) is 27.9 Å². The van der Waals surface area contributed by atoms with Gasteiger partial charge in [-0.3, -0.25) is 9.78 Å². The number of ether oxygens (including phenoxy) is 1. The lowest BCUT2D eigenvalue weighted by Crippen LogP contribution is -2.39. The molecule has 2 atom stereocenters. The van der Waals surface area contributed by atoms with Crippen LogP contribution in [0.2, 0.25) is 10.0 Å². The Kier molecular flexibility index (Phi) is 6.32. The lowest BCUT2D eigenvalue weighted by molar-refractivity contribution is -0.127. The summed E-state index contributed by atoms with van der Waals surface area (Å²) in [6, 6.07) is 19.7. The number of hydrogen-bond acceptors (Lipinski definition) is 3. The second kappa shape index (κ2) is 8.89. The number of nitrogens with zero attached hydrogens (tertiary/aromatic N) is 1. The van der Waals surface area contributed by atoms with Crippen molar-refractivity contribution in [3.8, 4) is 5.75 Å². The monoisotopic (exact) mass is 400 g/mol. The van der Waals surface area contributed by atoms with E-state index in [0.717, 1.165) is 11.3 Å². The molecule has 0 aliphatic heterocycles. The molecule has 3 rings (SSSR count). The van der Waals surface area contributed by atoms with Crippen molar-refractivity contribution in [1.82, 2.24) is 10.3 Å². The highest BCUT2D eigenvalue weighted by Gasteiger charge is 2.23. The SMILES string of the molecule is CC(Oc1ccc(Cl)cc1Cl)C(=O)NC(c1ccccc1)c1ccccn1. The topological polar surface area (TPSA) is 51.2 Å². The molecule has 4 nitrogen and oxygen atoms in total. The van der Waals surface area contributed by atoms with Crippen molar-refractivity contribution in [3.63, 3.8) is 0 Å². The first-order chi connectivity index (χ1) is 13.0. The smallest absolute Gasteiger partial charge is 0.261 e. The molecule has 0 bridgehead atoms. The van der Waals surface area contributed by atoms with Gasteiger partial charge in [-0.05, 0) is 42.8 Å². The molecule has 2 aromatic carbocycles. The number of amides is 1. The summed E-state index contributed by atoms with van der Waals surface area (Å²) >= 11 is 12.0. The zero-order valence-electron chi connectivity index (χ0n) is 14.6. The van der Waals surface area contributed by atoms with Gasteiger partial charge in [0, 0.05) is 11.2 Å². The summed E-state index contributed by atoms with van der Waals surface area (Å²) in [6.07, 6.45) is 0.948. The fourth-order valence-electron chi connectivity index (χ4n) is 2.59. The highest BCUT2D eigenvalue weighted by molar-refractivity contribution is 6.35. The van der Waals surface area contributed by atoms with E-state index in [1.807, 2.05) is 48.5 Å². The van der Waals surface area contributed by atoms with Crippen LogP contribution in [0.25, 0.3) is 0 Å². The van der Waals surface area contributed by atoms with Crippen LogP contribution in [0.1, 0.15) is 24.2 Å². The Morgan fingerprint density at radius 2 is 1.78 bits per heavy atom. The molecule has 1 amide bonds. The van der Waals surface area contributed by atoms with Gasteiger partial charge >= 0.3 is 0 Å². The van der Waals surface area contributed by atoms with Gasteiger partial charge < -0.3 is 10.1 Å². The van der Waals surface area contributed by atoms with E-state index in [1.165, 1.54) is 0 Å². The molecule has 6 heteroatoms. The first-order valence-electron chi connectivity index (χ1n) is 8.42. The van der Waals surface area contributed by atoms with Crippen LogP contribution in [0, 0.1) is 0 Å². The number of benzene rings is 2. The number of hydrogen-bond donors (Lipinski definition) is 1. The molecular weight excluding hydrogens is 383 g/mol. The van der Waals surface area contributed by atoms with Gasteiger partial charge in [-0.15, -0.1) is 0 Å². The van der Waals surface area contributed by atoms with E-state index >= 15 is 0 Å². The standard InChI is InChI=1S/C21H18Cl2N2O2/c1-14(27-19-11-10-16(22)13-17(19)23)21(26)25-20(15-7-3-2-4-8-15)18-9-5-6-12-24-18/h2-14,20H,1H3,(H,25,26). The van der Waals surface area contributed by atoms with Crippen molar-refractivity contribution in [3.05, 3.63) is 94.2 Å². The molecule has 0 aliphatic carbocycles. The summed E-state index contributed by atoms with van der Waals surface area (Å²) in [5, 5.41) is 3.86. The number of halogens is 2. The Morgan fingerprint density at radius 1 is 1.04 bits per heavy atom. The fraction of sp³-hybridized carbons (Fsp3) is 0.143. The summed E-state index contributed by atoms with van der Waals surface area (Å²) < 4.78 is 5.71. The lowest BCUT2D eigenvalue weighted by atomic mass is 10.0. The Labute approximate surface area is 168 Å². The number of rotatable bonds is 6. The van der Waals surface area contributed by atoms with Crippen molar-refractivity contribution in [1.29, 1.82) is 0 Å². The second-order valence-electron chi connectivity index (χ2n) is 5.94. The molecule has 0 spiro atoms. The second-order valence-corrected chi connectivity index (χ2v) is 6.79. The normalized spacial score (nSPS) is 12.9. The molecule has 138 valence electrons. The van der Waals surface area contributed by atoms with E-state index in [9.17, 15) is 4.79 Å². The van der Waals surface area contributed by atoms with E-state index in [1.54, 1.807) is 31.3 Å². The Balaban J connectivity index is 1.78. The molecule has 1 heterocycles. The van der Waals surface area contributed by atoms with Crippen molar-refractivity contribution in [2.75, 3.05) is 0 Å². The van der Waals surface area contributed by atoms with Crippen molar-refractivity contribution >= 4 is 29.1 Å². The molecule has 0 saturated heterocycles. The predicted octanol–water partition coefficient (Wildman–Crippen LogP) is 5.06. The molecule has 1 aromatic heterocycles. The van der Waals surface area contributed by atoms with Gasteiger partial charge in [-0.25, -0.2) is 0 Å². The maximum absolute atomic E-state index is 12.7. The Morgan fingerprint density at radius 3 is 2.44 bits per heavy atom. The predicted molar refractivity (Wildman–Crippen MR) is 107 cm³/mol. The van der Waals surface area contributed by atoms with Crippen LogP contribution < -0.4 is 10.1 Å².